The molecule has 1 saturated heterocycles. The summed E-state index contributed by atoms with van der Waals surface area (Å²) in [5.74, 6) is 0.0765. The number of hydrogen-bond acceptors (Lipinski definition) is 7. The molecule has 0 bridgehead atoms. The summed E-state index contributed by atoms with van der Waals surface area (Å²) in [7, 11) is 1.77. The van der Waals surface area contributed by atoms with E-state index in [1.807, 2.05) is 15.5 Å². The lowest BCUT2D eigenvalue weighted by molar-refractivity contribution is -0.130. The molecule has 1 fully saturated rings. The summed E-state index contributed by atoms with van der Waals surface area (Å²) >= 11 is 1.48. The van der Waals surface area contributed by atoms with Crippen LogP contribution in [0.2, 0.25) is 0 Å². The Morgan fingerprint density at radius 1 is 1.19 bits per heavy atom. The summed E-state index contributed by atoms with van der Waals surface area (Å²) in [5, 5.41) is 8.59. The van der Waals surface area contributed by atoms with Crippen molar-refractivity contribution < 1.29 is 4.79 Å². The zero-order valence-corrected chi connectivity index (χ0v) is 18.4. The second kappa shape index (κ2) is 6.95. The van der Waals surface area contributed by atoms with E-state index in [2.05, 4.69) is 20.2 Å². The van der Waals surface area contributed by atoms with Crippen molar-refractivity contribution in [3.63, 3.8) is 0 Å². The summed E-state index contributed by atoms with van der Waals surface area (Å²) in [6.07, 6.45) is 6.73. The number of nitrogens with zero attached hydrogens (tertiary/aromatic N) is 7. The predicted molar refractivity (Wildman–Crippen MR) is 122 cm³/mol. The Bertz CT molecular complexity index is 1570. The third kappa shape index (κ3) is 2.77. The number of piperidine rings is 1. The SMILES string of the molecule is CC(=O)N1CCC(n2c(=O)n(C)c3cnc4sc(-c5cnc6[nH]ncc6c5)nc4c32)CC1. The molecule has 0 unspecified atom stereocenters. The molecular weight excluding hydrogens is 428 g/mol. The fraction of sp³-hybridized carbons (Fsp3) is 0.333. The molecule has 1 amide bonds. The summed E-state index contributed by atoms with van der Waals surface area (Å²) in [4.78, 5) is 41.5. The summed E-state index contributed by atoms with van der Waals surface area (Å²) in [5.41, 5.74) is 3.83. The van der Waals surface area contributed by atoms with Crippen molar-refractivity contribution in [2.24, 2.45) is 7.05 Å². The second-order valence-corrected chi connectivity index (χ2v) is 9.12. The van der Waals surface area contributed by atoms with E-state index in [0.29, 0.717) is 13.1 Å². The average Bonchev–Trinajstić information content (AvgIpc) is 3.50. The van der Waals surface area contributed by atoms with Crippen LogP contribution in [-0.2, 0) is 11.8 Å². The summed E-state index contributed by atoms with van der Waals surface area (Å²) in [6.45, 7) is 2.89. The lowest BCUT2D eigenvalue weighted by atomic mass is 10.0. The minimum absolute atomic E-state index is 0.0153. The van der Waals surface area contributed by atoms with E-state index < -0.39 is 0 Å². The summed E-state index contributed by atoms with van der Waals surface area (Å²) in [6, 6.07) is 2.01. The number of carbonyl (C=O) groups is 1. The molecule has 0 atom stereocenters. The van der Waals surface area contributed by atoms with E-state index >= 15 is 0 Å². The molecule has 1 N–H and O–H groups in total. The maximum absolute atomic E-state index is 13.2. The van der Waals surface area contributed by atoms with Gasteiger partial charge in [0.25, 0.3) is 0 Å². The van der Waals surface area contributed by atoms with Crippen LogP contribution >= 0.6 is 11.3 Å². The van der Waals surface area contributed by atoms with Crippen molar-refractivity contribution in [2.45, 2.75) is 25.8 Å². The quantitative estimate of drug-likeness (QED) is 0.444. The van der Waals surface area contributed by atoms with Gasteiger partial charge >= 0.3 is 5.69 Å². The highest BCUT2D eigenvalue weighted by molar-refractivity contribution is 7.21. The summed E-state index contributed by atoms with van der Waals surface area (Å²) < 4.78 is 3.50. The number of imidazole rings is 1. The molecule has 162 valence electrons. The van der Waals surface area contributed by atoms with Crippen LogP contribution < -0.4 is 5.69 Å². The smallest absolute Gasteiger partial charge is 0.329 e. The molecule has 6 rings (SSSR count). The Morgan fingerprint density at radius 3 is 2.78 bits per heavy atom. The number of H-pyrrole nitrogens is 1. The zero-order chi connectivity index (χ0) is 22.0. The largest absolute Gasteiger partial charge is 0.343 e. The molecule has 1 aliphatic heterocycles. The van der Waals surface area contributed by atoms with E-state index in [4.69, 9.17) is 4.98 Å². The van der Waals surface area contributed by atoms with E-state index in [0.717, 1.165) is 55.8 Å². The molecule has 1 aliphatic rings. The van der Waals surface area contributed by atoms with Crippen LogP contribution in [0.3, 0.4) is 0 Å². The van der Waals surface area contributed by atoms with Gasteiger partial charge < -0.3 is 4.90 Å². The number of thiazole rings is 1. The lowest BCUT2D eigenvalue weighted by Crippen LogP contribution is -2.39. The van der Waals surface area contributed by atoms with E-state index in [9.17, 15) is 9.59 Å². The standard InChI is InChI=1S/C21H20N8O2S/c1-11(30)28-5-3-14(4-6-28)29-17-15(27(2)21(29)31)10-23-20-16(17)25-19(32-20)13-7-12-9-24-26-18(12)22-8-13/h7-10,14H,3-6H2,1-2H3,(H,22,24,26). The van der Waals surface area contributed by atoms with Crippen molar-refractivity contribution in [2.75, 3.05) is 13.1 Å². The molecule has 0 saturated carbocycles. The minimum atomic E-state index is -0.0772. The first kappa shape index (κ1) is 19.1. The fourth-order valence-electron chi connectivity index (χ4n) is 4.55. The van der Waals surface area contributed by atoms with E-state index in [-0.39, 0.29) is 17.6 Å². The minimum Gasteiger partial charge on any atom is -0.343 e. The highest BCUT2D eigenvalue weighted by atomic mass is 32.1. The number of aromatic amines is 1. The average molecular weight is 449 g/mol. The van der Waals surface area contributed by atoms with Gasteiger partial charge in [-0.2, -0.15) is 5.10 Å². The molecule has 0 spiro atoms. The molecule has 0 aromatic carbocycles. The first-order chi connectivity index (χ1) is 15.5. The normalized spacial score (nSPS) is 15.4. The van der Waals surface area contributed by atoms with Gasteiger partial charge in [0.15, 0.2) is 5.65 Å². The Hall–Kier alpha value is -3.60. The monoisotopic (exact) mass is 448 g/mol. The number of aryl methyl sites for hydroxylation is 1. The molecule has 6 heterocycles. The van der Waals surface area contributed by atoms with Crippen molar-refractivity contribution in [3.05, 3.63) is 35.1 Å². The Labute approximate surface area is 185 Å². The van der Waals surface area contributed by atoms with Gasteiger partial charge in [-0.3, -0.25) is 19.0 Å². The maximum Gasteiger partial charge on any atom is 0.329 e. The van der Waals surface area contributed by atoms with E-state index in [1.54, 1.807) is 37.1 Å². The van der Waals surface area contributed by atoms with Gasteiger partial charge in [-0.25, -0.2) is 19.7 Å². The molecule has 10 nitrogen and oxygen atoms in total. The number of likely N-dealkylation sites (tertiary alicyclic amines) is 1. The Kier molecular flexibility index (Phi) is 4.15. The molecular formula is C21H20N8O2S. The number of carbonyl (C=O) groups excluding carboxylic acids is 1. The second-order valence-electron chi connectivity index (χ2n) is 8.15. The topological polar surface area (TPSA) is 115 Å². The first-order valence-corrected chi connectivity index (χ1v) is 11.2. The molecule has 5 aromatic heterocycles. The highest BCUT2D eigenvalue weighted by Gasteiger charge is 2.27. The Balaban J connectivity index is 1.51. The van der Waals surface area contributed by atoms with Crippen molar-refractivity contribution >= 4 is 49.7 Å². The van der Waals surface area contributed by atoms with E-state index in [1.165, 1.54) is 11.3 Å². The Morgan fingerprint density at radius 2 is 2.00 bits per heavy atom. The van der Waals surface area contributed by atoms with Gasteiger partial charge in [0.1, 0.15) is 20.9 Å². The van der Waals surface area contributed by atoms with Crippen LogP contribution in [0.1, 0.15) is 25.8 Å². The maximum atomic E-state index is 13.2. The van der Waals surface area contributed by atoms with Gasteiger partial charge in [0.2, 0.25) is 5.91 Å². The van der Waals surface area contributed by atoms with Gasteiger partial charge in [-0.15, -0.1) is 0 Å². The number of nitrogens with one attached hydrogen (secondary N) is 1. The fourth-order valence-corrected chi connectivity index (χ4v) is 5.45. The zero-order valence-electron chi connectivity index (χ0n) is 17.6. The molecule has 11 heteroatoms. The number of pyridine rings is 2. The van der Waals surface area contributed by atoms with Crippen molar-refractivity contribution in [1.82, 2.24) is 39.2 Å². The third-order valence-corrected chi connectivity index (χ3v) is 7.30. The number of rotatable bonds is 2. The van der Waals surface area contributed by atoms with Crippen LogP contribution in [0.15, 0.2) is 29.5 Å². The van der Waals surface area contributed by atoms with Crippen LogP contribution in [0, 0.1) is 0 Å². The highest BCUT2D eigenvalue weighted by Crippen LogP contribution is 2.35. The number of amides is 1. The molecule has 0 aliphatic carbocycles. The van der Waals surface area contributed by atoms with Gasteiger partial charge in [0.05, 0.1) is 17.9 Å². The molecule has 0 radical (unpaired) electrons. The van der Waals surface area contributed by atoms with Crippen LogP contribution in [0.5, 0.6) is 0 Å². The molecule has 5 aromatic rings. The van der Waals surface area contributed by atoms with Gasteiger partial charge in [-0.1, -0.05) is 11.3 Å². The molecule has 32 heavy (non-hydrogen) atoms. The third-order valence-electron chi connectivity index (χ3n) is 6.29. The van der Waals surface area contributed by atoms with Crippen LogP contribution in [0.25, 0.3) is 43.0 Å². The number of aromatic nitrogens is 7. The lowest BCUT2D eigenvalue weighted by Gasteiger charge is -2.31. The van der Waals surface area contributed by atoms with Gasteiger partial charge in [0, 0.05) is 50.2 Å². The van der Waals surface area contributed by atoms with Gasteiger partial charge in [-0.05, 0) is 18.9 Å². The van der Waals surface area contributed by atoms with Crippen LogP contribution in [-0.4, -0.2) is 58.2 Å². The van der Waals surface area contributed by atoms with Crippen molar-refractivity contribution in [3.8, 4) is 10.6 Å². The predicted octanol–water partition coefficient (Wildman–Crippen LogP) is 2.47. The van der Waals surface area contributed by atoms with Crippen molar-refractivity contribution in [1.29, 1.82) is 0 Å². The first-order valence-electron chi connectivity index (χ1n) is 10.4. The number of fused-ring (bicyclic) bond motifs is 4. The van der Waals surface area contributed by atoms with Crippen LogP contribution in [0.4, 0.5) is 0 Å². The number of hydrogen-bond donors (Lipinski definition) is 1.